The van der Waals surface area contributed by atoms with Gasteiger partial charge in [0.05, 0.1) is 5.69 Å². The molecule has 0 aliphatic carbocycles. The first kappa shape index (κ1) is 17.8. The normalized spacial score (nSPS) is 10.8. The molecule has 26 heavy (non-hydrogen) atoms. The van der Waals surface area contributed by atoms with Gasteiger partial charge in [0, 0.05) is 29.1 Å². The lowest BCUT2D eigenvalue weighted by atomic mass is 10.1. The summed E-state index contributed by atoms with van der Waals surface area (Å²) in [4.78, 5) is 1.28. The molecule has 0 unspecified atom stereocenters. The quantitative estimate of drug-likeness (QED) is 0.493. The molecule has 0 bridgehead atoms. The zero-order chi connectivity index (χ0) is 18.8. The third-order valence-electron chi connectivity index (χ3n) is 4.34. The number of benzene rings is 3. The molecule has 0 aliphatic heterocycles. The van der Waals surface area contributed by atoms with Crippen LogP contribution >= 0.6 is 0 Å². The summed E-state index contributed by atoms with van der Waals surface area (Å²) in [6.07, 6.45) is 0.211. The van der Waals surface area contributed by atoms with E-state index in [1.54, 1.807) is 31.2 Å². The molecule has 3 aromatic rings. The molecule has 0 saturated carbocycles. The van der Waals surface area contributed by atoms with Crippen LogP contribution in [-0.4, -0.2) is 13.0 Å². The second kappa shape index (κ2) is 7.07. The van der Waals surface area contributed by atoms with Gasteiger partial charge in [0.1, 0.15) is 11.6 Å². The van der Waals surface area contributed by atoms with Gasteiger partial charge in [-0.05, 0) is 30.7 Å². The summed E-state index contributed by atoms with van der Waals surface area (Å²) in [6, 6.07) is 12.2. The van der Waals surface area contributed by atoms with Gasteiger partial charge in [-0.2, -0.15) is 0 Å². The third kappa shape index (κ3) is 3.10. The van der Waals surface area contributed by atoms with Crippen LogP contribution in [0.3, 0.4) is 0 Å². The van der Waals surface area contributed by atoms with Crippen molar-refractivity contribution in [3.8, 4) is 0 Å². The Balaban J connectivity index is 1.93. The van der Waals surface area contributed by atoms with Gasteiger partial charge >= 0.3 is 0 Å². The smallest absolute Gasteiger partial charge is 0.199 e. The lowest BCUT2D eigenvalue weighted by Crippen LogP contribution is -2.33. The number of nitrogens with one attached hydrogen (secondary N) is 2. The van der Waals surface area contributed by atoms with Crippen molar-refractivity contribution in [1.29, 1.82) is 5.41 Å². The topological polar surface area (TPSA) is 39.1 Å². The molecule has 0 saturated heterocycles. The molecule has 0 atom stereocenters. The fourth-order valence-corrected chi connectivity index (χ4v) is 2.87. The monoisotopic (exact) mass is 357 g/mol. The number of fused-ring (bicyclic) bond motifs is 1. The first-order chi connectivity index (χ1) is 12.4. The summed E-state index contributed by atoms with van der Waals surface area (Å²) in [5, 5.41) is 12.1. The number of nitrogens with zero attached hydrogens (tertiary/aromatic N) is 1. The van der Waals surface area contributed by atoms with Crippen LogP contribution < -0.4 is 10.2 Å². The molecule has 0 aromatic heterocycles. The summed E-state index contributed by atoms with van der Waals surface area (Å²) < 4.78 is 42.1. The molecule has 0 spiro atoms. The molecular formula is C20H18F3N3. The van der Waals surface area contributed by atoms with Crippen molar-refractivity contribution in [2.24, 2.45) is 0 Å². The molecule has 3 aromatic carbocycles. The van der Waals surface area contributed by atoms with Crippen LogP contribution in [0.25, 0.3) is 10.8 Å². The Bertz CT molecular complexity index is 985. The SMILES string of the molecule is CCc1c(F)ccc(N(C)C(=N)Nc2ccc(F)c3ccccc23)c1F. The van der Waals surface area contributed by atoms with E-state index in [4.69, 9.17) is 5.41 Å². The van der Waals surface area contributed by atoms with Gasteiger partial charge in [-0.25, -0.2) is 13.2 Å². The van der Waals surface area contributed by atoms with E-state index in [-0.39, 0.29) is 29.4 Å². The van der Waals surface area contributed by atoms with Gasteiger partial charge in [0.2, 0.25) is 0 Å². The average Bonchev–Trinajstić information content (AvgIpc) is 2.64. The van der Waals surface area contributed by atoms with E-state index in [0.29, 0.717) is 16.5 Å². The van der Waals surface area contributed by atoms with E-state index < -0.39 is 11.6 Å². The second-order valence-electron chi connectivity index (χ2n) is 5.89. The van der Waals surface area contributed by atoms with Gasteiger partial charge in [-0.1, -0.05) is 31.2 Å². The largest absolute Gasteiger partial charge is 0.326 e. The van der Waals surface area contributed by atoms with Crippen molar-refractivity contribution in [2.75, 3.05) is 17.3 Å². The Morgan fingerprint density at radius 2 is 1.62 bits per heavy atom. The highest BCUT2D eigenvalue weighted by atomic mass is 19.1. The van der Waals surface area contributed by atoms with Gasteiger partial charge in [0.25, 0.3) is 0 Å². The van der Waals surface area contributed by atoms with Gasteiger partial charge < -0.3 is 10.2 Å². The maximum absolute atomic E-state index is 14.5. The highest BCUT2D eigenvalue weighted by Crippen LogP contribution is 2.28. The lowest BCUT2D eigenvalue weighted by molar-refractivity contribution is 0.559. The Morgan fingerprint density at radius 3 is 2.31 bits per heavy atom. The zero-order valence-electron chi connectivity index (χ0n) is 14.4. The van der Waals surface area contributed by atoms with Crippen LogP contribution in [0.5, 0.6) is 0 Å². The number of hydrogen-bond acceptors (Lipinski definition) is 1. The maximum Gasteiger partial charge on any atom is 0.199 e. The predicted molar refractivity (Wildman–Crippen MR) is 99.4 cm³/mol. The highest BCUT2D eigenvalue weighted by Gasteiger charge is 2.18. The third-order valence-corrected chi connectivity index (χ3v) is 4.34. The fraction of sp³-hybridized carbons (Fsp3) is 0.150. The number of halogens is 3. The molecule has 0 fully saturated rings. The highest BCUT2D eigenvalue weighted by molar-refractivity contribution is 6.08. The minimum absolute atomic E-state index is 0.0191. The van der Waals surface area contributed by atoms with Crippen molar-refractivity contribution in [2.45, 2.75) is 13.3 Å². The maximum atomic E-state index is 14.5. The molecule has 0 radical (unpaired) electrons. The van der Waals surface area contributed by atoms with Crippen molar-refractivity contribution < 1.29 is 13.2 Å². The first-order valence-corrected chi connectivity index (χ1v) is 8.17. The Kier molecular flexibility index (Phi) is 4.84. The fourth-order valence-electron chi connectivity index (χ4n) is 2.87. The number of rotatable bonds is 3. The van der Waals surface area contributed by atoms with E-state index in [9.17, 15) is 13.2 Å². The van der Waals surface area contributed by atoms with E-state index in [1.807, 2.05) is 0 Å². The number of anilines is 2. The van der Waals surface area contributed by atoms with Crippen LogP contribution in [-0.2, 0) is 6.42 Å². The van der Waals surface area contributed by atoms with E-state index in [0.717, 1.165) is 0 Å². The van der Waals surface area contributed by atoms with Crippen molar-refractivity contribution in [3.63, 3.8) is 0 Å². The molecule has 134 valence electrons. The standard InChI is InChI=1S/C20H18F3N3/c1-3-12-15(21)9-11-18(19(12)23)26(2)20(24)25-17-10-8-16(22)13-6-4-5-7-14(13)17/h4-11H,3H2,1-2H3,(H2,24,25). The lowest BCUT2D eigenvalue weighted by Gasteiger charge is -2.23. The van der Waals surface area contributed by atoms with Gasteiger partial charge in [-0.15, -0.1) is 0 Å². The Labute approximate surface area is 149 Å². The Morgan fingerprint density at radius 1 is 0.962 bits per heavy atom. The number of hydrogen-bond donors (Lipinski definition) is 2. The summed E-state index contributed by atoms with van der Waals surface area (Å²) in [5.74, 6) is -1.77. The van der Waals surface area contributed by atoms with E-state index in [1.165, 1.54) is 36.2 Å². The van der Waals surface area contributed by atoms with Crippen LogP contribution in [0.1, 0.15) is 12.5 Å². The molecule has 3 rings (SSSR count). The molecular weight excluding hydrogens is 339 g/mol. The van der Waals surface area contributed by atoms with Gasteiger partial charge in [-0.3, -0.25) is 5.41 Å². The minimum Gasteiger partial charge on any atom is -0.326 e. The molecule has 3 nitrogen and oxygen atoms in total. The Hall–Kier alpha value is -3.02. The van der Waals surface area contributed by atoms with Gasteiger partial charge in [0.15, 0.2) is 11.8 Å². The van der Waals surface area contributed by atoms with E-state index in [2.05, 4.69) is 5.32 Å². The number of guanidine groups is 1. The van der Waals surface area contributed by atoms with Crippen LogP contribution in [0, 0.1) is 22.9 Å². The molecule has 0 amide bonds. The zero-order valence-corrected chi connectivity index (χ0v) is 14.4. The summed E-state index contributed by atoms with van der Waals surface area (Å²) >= 11 is 0. The van der Waals surface area contributed by atoms with E-state index >= 15 is 0 Å². The average molecular weight is 357 g/mol. The summed E-state index contributed by atoms with van der Waals surface area (Å²) in [7, 11) is 1.51. The predicted octanol–water partition coefficient (Wildman–Crippen LogP) is 5.30. The molecule has 0 aliphatic rings. The van der Waals surface area contributed by atoms with Crippen LogP contribution in [0.4, 0.5) is 24.5 Å². The first-order valence-electron chi connectivity index (χ1n) is 8.17. The van der Waals surface area contributed by atoms with Crippen molar-refractivity contribution in [1.82, 2.24) is 0 Å². The summed E-state index contributed by atoms with van der Waals surface area (Å²) in [5.41, 5.74) is 0.596. The van der Waals surface area contributed by atoms with Crippen LogP contribution in [0.15, 0.2) is 48.5 Å². The molecule has 0 heterocycles. The summed E-state index contributed by atoms with van der Waals surface area (Å²) in [6.45, 7) is 1.67. The second-order valence-corrected chi connectivity index (χ2v) is 5.89. The van der Waals surface area contributed by atoms with Crippen molar-refractivity contribution in [3.05, 3.63) is 71.5 Å². The van der Waals surface area contributed by atoms with Crippen LogP contribution in [0.2, 0.25) is 0 Å². The van der Waals surface area contributed by atoms with Crippen molar-refractivity contribution >= 4 is 28.1 Å². The molecule has 2 N–H and O–H groups in total. The molecule has 6 heteroatoms. The minimum atomic E-state index is -0.689.